The highest BCUT2D eigenvalue weighted by Crippen LogP contribution is 2.32. The normalized spacial score (nSPS) is 11.7. The van der Waals surface area contributed by atoms with Crippen LogP contribution in [0.3, 0.4) is 0 Å². The van der Waals surface area contributed by atoms with E-state index >= 15 is 0 Å². The summed E-state index contributed by atoms with van der Waals surface area (Å²) in [5, 5.41) is 20.1. The lowest BCUT2D eigenvalue weighted by atomic mass is 10.1. The maximum absolute atomic E-state index is 12.0. The minimum atomic E-state index is -1.05. The van der Waals surface area contributed by atoms with E-state index in [1.54, 1.807) is 24.3 Å². The zero-order valence-corrected chi connectivity index (χ0v) is 18.1. The van der Waals surface area contributed by atoms with Gasteiger partial charge in [-0.15, -0.1) is 0 Å². The number of aliphatic carboxylic acids is 1. The van der Waals surface area contributed by atoms with Gasteiger partial charge in [-0.05, 0) is 53.7 Å². The van der Waals surface area contributed by atoms with Gasteiger partial charge in [0.1, 0.15) is 10.4 Å². The number of nitrogens with zero attached hydrogens (tertiary/aromatic N) is 3. The first-order valence-electron chi connectivity index (χ1n) is 10.2. The van der Waals surface area contributed by atoms with Gasteiger partial charge in [-0.1, -0.05) is 42.5 Å². The minimum Gasteiger partial charge on any atom is -0.477 e. The van der Waals surface area contributed by atoms with Crippen molar-refractivity contribution in [3.8, 4) is 6.07 Å². The number of aromatic nitrogens is 2. The summed E-state index contributed by atoms with van der Waals surface area (Å²) >= 11 is 0.987. The van der Waals surface area contributed by atoms with Crippen molar-refractivity contribution in [2.45, 2.75) is 11.8 Å². The summed E-state index contributed by atoms with van der Waals surface area (Å²) < 4.78 is 7.77. The molecule has 0 saturated carbocycles. The monoisotopic (exact) mass is 451 g/mol. The first kappa shape index (κ1) is 20.6. The molecule has 2 aromatic heterocycles. The largest absolute Gasteiger partial charge is 0.477 e. The Morgan fingerprint density at radius 2 is 1.85 bits per heavy atom. The number of hydrogen-bond acceptors (Lipinski definition) is 5. The zero-order valence-electron chi connectivity index (χ0n) is 17.3. The van der Waals surface area contributed by atoms with Crippen LogP contribution in [-0.4, -0.2) is 20.6 Å². The summed E-state index contributed by atoms with van der Waals surface area (Å²) in [5.74, 6) is -1.05. The number of oxazole rings is 1. The number of benzene rings is 3. The number of carboxylic acids is 1. The Morgan fingerprint density at radius 3 is 2.61 bits per heavy atom. The van der Waals surface area contributed by atoms with Crippen molar-refractivity contribution in [1.29, 1.82) is 5.26 Å². The zero-order chi connectivity index (χ0) is 22.8. The Balaban J connectivity index is 1.51. The van der Waals surface area contributed by atoms with Gasteiger partial charge in [0.25, 0.3) is 5.22 Å². The molecule has 0 aliphatic carbocycles. The van der Waals surface area contributed by atoms with Crippen molar-refractivity contribution < 1.29 is 14.3 Å². The number of rotatable bonds is 6. The lowest BCUT2D eigenvalue weighted by Gasteiger charge is -2.05. The maximum Gasteiger partial charge on any atom is 0.342 e. The number of nitriles is 1. The Bertz CT molecular complexity index is 1520. The maximum atomic E-state index is 12.0. The van der Waals surface area contributed by atoms with Gasteiger partial charge in [-0.2, -0.15) is 5.26 Å². The van der Waals surface area contributed by atoms with E-state index in [0.29, 0.717) is 23.2 Å². The van der Waals surface area contributed by atoms with Crippen molar-refractivity contribution in [2.75, 3.05) is 0 Å². The summed E-state index contributed by atoms with van der Waals surface area (Å²) in [6.45, 7) is 0.598. The van der Waals surface area contributed by atoms with Crippen LogP contribution in [0.2, 0.25) is 0 Å². The molecule has 0 saturated heterocycles. The molecule has 0 unspecified atom stereocenters. The lowest BCUT2D eigenvalue weighted by Crippen LogP contribution is -1.98. The van der Waals surface area contributed by atoms with E-state index in [1.807, 2.05) is 60.8 Å². The fraction of sp³-hybridized carbons (Fsp3) is 0.0385. The molecule has 0 fully saturated rings. The molecule has 0 atom stereocenters. The quantitative estimate of drug-likeness (QED) is 0.254. The van der Waals surface area contributed by atoms with Crippen LogP contribution in [0, 0.1) is 11.3 Å². The molecular formula is C26H17N3O3S. The SMILES string of the molecule is N#Cc1ccc(Cn2cc(/C=C(\Sc3nc4ccccc4o3)C(=O)O)c3ccccc32)cc1. The number of carboxylic acid groups (broad SMARTS) is 1. The highest BCUT2D eigenvalue weighted by Gasteiger charge is 2.16. The van der Waals surface area contributed by atoms with Crippen LogP contribution in [-0.2, 0) is 11.3 Å². The fourth-order valence-electron chi connectivity index (χ4n) is 3.67. The van der Waals surface area contributed by atoms with Gasteiger partial charge in [0.2, 0.25) is 0 Å². The van der Waals surface area contributed by atoms with Gasteiger partial charge >= 0.3 is 5.97 Å². The second kappa shape index (κ2) is 8.69. The molecule has 6 nitrogen and oxygen atoms in total. The summed E-state index contributed by atoms with van der Waals surface area (Å²) in [6.07, 6.45) is 3.60. The highest BCUT2D eigenvalue weighted by molar-refractivity contribution is 8.03. The van der Waals surface area contributed by atoms with Crippen molar-refractivity contribution in [3.63, 3.8) is 0 Å². The minimum absolute atomic E-state index is 0.114. The predicted octanol–water partition coefficient (Wildman–Crippen LogP) is 5.92. The molecule has 5 aromatic rings. The number of carbonyl (C=O) groups is 1. The first-order valence-corrected chi connectivity index (χ1v) is 11.0. The summed E-state index contributed by atoms with van der Waals surface area (Å²) in [7, 11) is 0. The second-order valence-corrected chi connectivity index (χ2v) is 8.39. The molecule has 0 bridgehead atoms. The average molecular weight is 452 g/mol. The standard InChI is InChI=1S/C26H17N3O3S/c27-14-17-9-11-18(12-10-17)15-29-16-19(20-5-1-3-7-22(20)29)13-24(25(30)31)33-26-28-21-6-2-4-8-23(21)32-26/h1-13,16H,15H2,(H,30,31)/b24-13-. The van der Waals surface area contributed by atoms with Crippen LogP contribution in [0.25, 0.3) is 28.1 Å². The van der Waals surface area contributed by atoms with Crippen LogP contribution in [0.5, 0.6) is 0 Å². The molecule has 2 heterocycles. The van der Waals surface area contributed by atoms with Crippen LogP contribution in [0.4, 0.5) is 0 Å². The summed E-state index contributed by atoms with van der Waals surface area (Å²) in [6, 6.07) is 24.8. The number of thioether (sulfide) groups is 1. The van der Waals surface area contributed by atoms with Crippen molar-refractivity contribution in [2.24, 2.45) is 0 Å². The number of hydrogen-bond donors (Lipinski definition) is 1. The third kappa shape index (κ3) is 4.25. The van der Waals surface area contributed by atoms with Gasteiger partial charge in [0.05, 0.1) is 11.6 Å². The summed E-state index contributed by atoms with van der Waals surface area (Å²) in [5.41, 5.74) is 4.74. The third-order valence-corrected chi connectivity index (χ3v) is 6.09. The van der Waals surface area contributed by atoms with Crippen molar-refractivity contribution in [1.82, 2.24) is 9.55 Å². The lowest BCUT2D eigenvalue weighted by molar-refractivity contribution is -0.131. The van der Waals surface area contributed by atoms with E-state index in [9.17, 15) is 9.90 Å². The molecule has 0 radical (unpaired) electrons. The van der Waals surface area contributed by atoms with Crippen LogP contribution in [0.1, 0.15) is 16.7 Å². The first-order chi connectivity index (χ1) is 16.1. The smallest absolute Gasteiger partial charge is 0.342 e. The molecule has 0 aliphatic rings. The molecule has 3 aromatic carbocycles. The number of para-hydroxylation sites is 3. The Hall–Kier alpha value is -4.28. The van der Waals surface area contributed by atoms with Crippen LogP contribution < -0.4 is 0 Å². The van der Waals surface area contributed by atoms with Crippen LogP contribution >= 0.6 is 11.8 Å². The van der Waals surface area contributed by atoms with E-state index < -0.39 is 5.97 Å². The molecule has 0 aliphatic heterocycles. The van der Waals surface area contributed by atoms with E-state index in [2.05, 4.69) is 15.6 Å². The van der Waals surface area contributed by atoms with Crippen molar-refractivity contribution >= 4 is 45.8 Å². The predicted molar refractivity (Wildman–Crippen MR) is 128 cm³/mol. The Labute approximate surface area is 193 Å². The molecule has 5 rings (SSSR count). The van der Waals surface area contributed by atoms with E-state index in [-0.39, 0.29) is 10.1 Å². The Kier molecular flexibility index (Phi) is 5.43. The Morgan fingerprint density at radius 1 is 1.09 bits per heavy atom. The van der Waals surface area contributed by atoms with Gasteiger partial charge in [0.15, 0.2) is 5.58 Å². The third-order valence-electron chi connectivity index (χ3n) is 5.22. The molecule has 0 spiro atoms. The topological polar surface area (TPSA) is 92.0 Å². The average Bonchev–Trinajstić information content (AvgIpc) is 3.40. The second-order valence-electron chi connectivity index (χ2n) is 7.40. The van der Waals surface area contributed by atoms with Crippen LogP contribution in [0.15, 0.2) is 93.5 Å². The van der Waals surface area contributed by atoms with Crippen molar-refractivity contribution in [3.05, 3.63) is 101 Å². The molecule has 0 amide bonds. The molecule has 7 heteroatoms. The van der Waals surface area contributed by atoms with E-state index in [4.69, 9.17) is 9.68 Å². The molecule has 33 heavy (non-hydrogen) atoms. The molecule has 1 N–H and O–H groups in total. The summed E-state index contributed by atoms with van der Waals surface area (Å²) in [4.78, 5) is 16.5. The molecule has 160 valence electrons. The van der Waals surface area contributed by atoms with Gasteiger partial charge in [-0.25, -0.2) is 9.78 Å². The van der Waals surface area contributed by atoms with E-state index in [0.717, 1.165) is 33.8 Å². The van der Waals surface area contributed by atoms with Gasteiger partial charge in [-0.3, -0.25) is 0 Å². The molecular weight excluding hydrogens is 434 g/mol. The number of fused-ring (bicyclic) bond motifs is 2. The van der Waals surface area contributed by atoms with E-state index in [1.165, 1.54) is 0 Å². The fourth-order valence-corrected chi connectivity index (χ4v) is 4.40. The highest BCUT2D eigenvalue weighted by atomic mass is 32.2. The van der Waals surface area contributed by atoms with Gasteiger partial charge < -0.3 is 14.1 Å². The van der Waals surface area contributed by atoms with Gasteiger partial charge in [0, 0.05) is 29.2 Å².